The Balaban J connectivity index is 2.48. The van der Waals surface area contributed by atoms with Crippen molar-refractivity contribution in [1.82, 2.24) is 5.32 Å². The highest BCUT2D eigenvalue weighted by atomic mass is 32.2. The first kappa shape index (κ1) is 14.5. The summed E-state index contributed by atoms with van der Waals surface area (Å²) in [6.45, 7) is 0.0776. The summed E-state index contributed by atoms with van der Waals surface area (Å²) in [7, 11) is -3.56. The lowest BCUT2D eigenvalue weighted by molar-refractivity contribution is 0.0953. The molecule has 18 heavy (non-hydrogen) atoms. The smallest absolute Gasteiger partial charge is 0.251 e. The van der Waals surface area contributed by atoms with E-state index in [0.29, 0.717) is 0 Å². The molecule has 0 saturated heterocycles. The van der Waals surface area contributed by atoms with Crippen LogP contribution in [0, 0.1) is 11.6 Å². The van der Waals surface area contributed by atoms with E-state index in [9.17, 15) is 22.0 Å². The molecule has 0 bridgehead atoms. The summed E-state index contributed by atoms with van der Waals surface area (Å²) in [4.78, 5) is 11.5. The van der Waals surface area contributed by atoms with E-state index in [1.807, 2.05) is 0 Å². The van der Waals surface area contributed by atoms with E-state index in [2.05, 4.69) is 5.32 Å². The lowest BCUT2D eigenvalue weighted by Gasteiger charge is -2.05. The Kier molecular flexibility index (Phi) is 4.74. The molecule has 1 aromatic rings. The summed E-state index contributed by atoms with van der Waals surface area (Å²) in [6.07, 6.45) is 0.147. The maximum absolute atomic E-state index is 12.8. The fourth-order valence-electron chi connectivity index (χ4n) is 1.21. The van der Waals surface area contributed by atoms with Gasteiger partial charge < -0.3 is 5.32 Å². The number of hydrogen-bond donors (Lipinski definition) is 2. The topological polar surface area (TPSA) is 89.3 Å². The molecule has 0 spiro atoms. The molecule has 0 radical (unpaired) electrons. The zero-order valence-corrected chi connectivity index (χ0v) is 10.1. The lowest BCUT2D eigenvalue weighted by atomic mass is 10.2. The lowest BCUT2D eigenvalue weighted by Crippen LogP contribution is -2.27. The maximum atomic E-state index is 12.8. The predicted molar refractivity (Wildman–Crippen MR) is 61.3 cm³/mol. The van der Waals surface area contributed by atoms with Crippen molar-refractivity contribution in [3.63, 3.8) is 0 Å². The van der Waals surface area contributed by atoms with Gasteiger partial charge in [-0.1, -0.05) is 0 Å². The standard InChI is InChI=1S/C10H12F2N2O3S/c11-8-3-2-7(6-9(8)12)10(15)14-4-1-5-18(13,16)17/h2-3,6H,1,4-5H2,(H,14,15)(H2,13,16,17). The molecule has 0 saturated carbocycles. The fourth-order valence-corrected chi connectivity index (χ4v) is 1.76. The quantitative estimate of drug-likeness (QED) is 0.763. The number of carbonyl (C=O) groups is 1. The first-order valence-corrected chi connectivity index (χ1v) is 6.75. The van der Waals surface area contributed by atoms with E-state index < -0.39 is 27.6 Å². The molecular formula is C10H12F2N2O3S. The average Bonchev–Trinajstić information content (AvgIpc) is 2.26. The minimum atomic E-state index is -3.56. The zero-order valence-electron chi connectivity index (χ0n) is 9.32. The van der Waals surface area contributed by atoms with Crippen molar-refractivity contribution < 1.29 is 22.0 Å². The second-order valence-electron chi connectivity index (χ2n) is 3.61. The summed E-state index contributed by atoms with van der Waals surface area (Å²) in [5.74, 6) is -3.03. The first-order valence-electron chi connectivity index (χ1n) is 5.03. The minimum absolute atomic E-state index is 0.0375. The number of carbonyl (C=O) groups excluding carboxylic acids is 1. The number of amides is 1. The third-order valence-electron chi connectivity index (χ3n) is 2.07. The van der Waals surface area contributed by atoms with E-state index in [-0.39, 0.29) is 24.3 Å². The predicted octanol–water partition coefficient (Wildman–Crippen LogP) is 0.373. The Bertz CT molecular complexity index is 546. The summed E-state index contributed by atoms with van der Waals surface area (Å²) in [6, 6.07) is 2.74. The normalized spacial score (nSPS) is 11.3. The van der Waals surface area contributed by atoms with Gasteiger partial charge in [0.15, 0.2) is 11.6 Å². The van der Waals surface area contributed by atoms with Gasteiger partial charge in [-0.15, -0.1) is 0 Å². The van der Waals surface area contributed by atoms with Gasteiger partial charge in [0.2, 0.25) is 10.0 Å². The third kappa shape index (κ3) is 4.76. The Hall–Kier alpha value is -1.54. The van der Waals surface area contributed by atoms with Crippen molar-refractivity contribution in [2.75, 3.05) is 12.3 Å². The summed E-state index contributed by atoms with van der Waals surface area (Å²) < 4.78 is 46.6. The van der Waals surface area contributed by atoms with Gasteiger partial charge in [-0.25, -0.2) is 22.3 Å². The van der Waals surface area contributed by atoms with Crippen LogP contribution in [0.2, 0.25) is 0 Å². The molecule has 1 aromatic carbocycles. The Morgan fingerprint density at radius 3 is 2.50 bits per heavy atom. The van der Waals surface area contributed by atoms with Gasteiger partial charge in [0, 0.05) is 12.1 Å². The molecular weight excluding hydrogens is 266 g/mol. The van der Waals surface area contributed by atoms with Crippen LogP contribution in [0.4, 0.5) is 8.78 Å². The molecule has 0 heterocycles. The van der Waals surface area contributed by atoms with Gasteiger partial charge in [-0.2, -0.15) is 0 Å². The Morgan fingerprint density at radius 1 is 1.28 bits per heavy atom. The summed E-state index contributed by atoms with van der Waals surface area (Å²) in [5, 5.41) is 7.14. The Labute approximate surface area is 103 Å². The van der Waals surface area contributed by atoms with Gasteiger partial charge in [0.25, 0.3) is 5.91 Å². The van der Waals surface area contributed by atoms with Crippen LogP contribution in [-0.2, 0) is 10.0 Å². The van der Waals surface area contributed by atoms with Crippen LogP contribution < -0.4 is 10.5 Å². The van der Waals surface area contributed by atoms with Crippen molar-refractivity contribution in [2.24, 2.45) is 5.14 Å². The molecule has 0 unspecified atom stereocenters. The molecule has 0 fully saturated rings. The zero-order chi connectivity index (χ0) is 13.8. The van der Waals surface area contributed by atoms with Crippen LogP contribution in [0.3, 0.4) is 0 Å². The molecule has 8 heteroatoms. The molecule has 100 valence electrons. The summed E-state index contributed by atoms with van der Waals surface area (Å²) >= 11 is 0. The van der Waals surface area contributed by atoms with Gasteiger partial charge >= 0.3 is 0 Å². The number of nitrogens with one attached hydrogen (secondary N) is 1. The van der Waals surface area contributed by atoms with E-state index >= 15 is 0 Å². The first-order chi connectivity index (χ1) is 8.29. The SMILES string of the molecule is NS(=O)(=O)CCCNC(=O)c1ccc(F)c(F)c1. The second kappa shape index (κ2) is 5.87. The number of halogens is 2. The molecule has 1 amide bonds. The van der Waals surface area contributed by atoms with Crippen molar-refractivity contribution >= 4 is 15.9 Å². The molecule has 3 N–H and O–H groups in total. The van der Waals surface area contributed by atoms with Crippen molar-refractivity contribution in [3.05, 3.63) is 35.4 Å². The molecule has 5 nitrogen and oxygen atoms in total. The maximum Gasteiger partial charge on any atom is 0.251 e. The molecule has 0 aromatic heterocycles. The highest BCUT2D eigenvalue weighted by Gasteiger charge is 2.09. The van der Waals surface area contributed by atoms with Gasteiger partial charge in [0.1, 0.15) is 0 Å². The second-order valence-corrected chi connectivity index (χ2v) is 5.34. The molecule has 0 aliphatic carbocycles. The average molecular weight is 278 g/mol. The monoisotopic (exact) mass is 278 g/mol. The molecule has 0 aliphatic heterocycles. The molecule has 1 rings (SSSR count). The largest absolute Gasteiger partial charge is 0.352 e. The number of sulfonamides is 1. The minimum Gasteiger partial charge on any atom is -0.352 e. The highest BCUT2D eigenvalue weighted by Crippen LogP contribution is 2.08. The van der Waals surface area contributed by atoms with Gasteiger partial charge in [-0.3, -0.25) is 4.79 Å². The highest BCUT2D eigenvalue weighted by molar-refractivity contribution is 7.89. The van der Waals surface area contributed by atoms with Crippen LogP contribution in [0.5, 0.6) is 0 Å². The van der Waals surface area contributed by atoms with Crippen molar-refractivity contribution in [3.8, 4) is 0 Å². The fraction of sp³-hybridized carbons (Fsp3) is 0.300. The van der Waals surface area contributed by atoms with Crippen LogP contribution in [0.25, 0.3) is 0 Å². The number of hydrogen-bond acceptors (Lipinski definition) is 3. The number of nitrogens with two attached hydrogens (primary N) is 1. The van der Waals surface area contributed by atoms with E-state index in [1.54, 1.807) is 0 Å². The Morgan fingerprint density at radius 2 is 1.94 bits per heavy atom. The van der Waals surface area contributed by atoms with E-state index in [1.165, 1.54) is 0 Å². The third-order valence-corrected chi connectivity index (χ3v) is 2.93. The van der Waals surface area contributed by atoms with Crippen molar-refractivity contribution in [2.45, 2.75) is 6.42 Å². The van der Waals surface area contributed by atoms with Crippen LogP contribution >= 0.6 is 0 Å². The number of primary sulfonamides is 1. The van der Waals surface area contributed by atoms with E-state index in [0.717, 1.165) is 18.2 Å². The van der Waals surface area contributed by atoms with Crippen LogP contribution in [0.1, 0.15) is 16.8 Å². The molecule has 0 aliphatic rings. The van der Waals surface area contributed by atoms with E-state index in [4.69, 9.17) is 5.14 Å². The van der Waals surface area contributed by atoms with Crippen LogP contribution in [0.15, 0.2) is 18.2 Å². The number of rotatable bonds is 5. The molecule has 0 atom stereocenters. The summed E-state index contributed by atoms with van der Waals surface area (Å²) in [5.41, 5.74) is -0.0375. The van der Waals surface area contributed by atoms with Crippen LogP contribution in [-0.4, -0.2) is 26.6 Å². The van der Waals surface area contributed by atoms with Crippen molar-refractivity contribution in [1.29, 1.82) is 0 Å². The number of benzene rings is 1. The van der Waals surface area contributed by atoms with Gasteiger partial charge in [0.05, 0.1) is 5.75 Å². The van der Waals surface area contributed by atoms with Gasteiger partial charge in [-0.05, 0) is 24.6 Å².